The molecule has 3 heterocycles. The maximum atomic E-state index is 11.9. The highest BCUT2D eigenvalue weighted by molar-refractivity contribution is 7.71. The van der Waals surface area contributed by atoms with Gasteiger partial charge in [-0.15, -0.1) is 0 Å². The summed E-state index contributed by atoms with van der Waals surface area (Å²) < 4.78 is 9.52. The average molecular weight is 320 g/mol. The first-order valence-corrected chi connectivity index (χ1v) is 8.03. The number of hydrogen-bond acceptors (Lipinski definition) is 5. The predicted octanol–water partition coefficient (Wildman–Crippen LogP) is 2.10. The first-order valence-electron chi connectivity index (χ1n) is 7.62. The van der Waals surface area contributed by atoms with Crippen LogP contribution in [0.1, 0.15) is 19.8 Å². The third kappa shape index (κ3) is 3.05. The zero-order valence-electron chi connectivity index (χ0n) is 12.6. The molecule has 1 fully saturated rings. The van der Waals surface area contributed by atoms with Crippen LogP contribution in [-0.4, -0.2) is 44.7 Å². The molecule has 0 aromatic carbocycles. The van der Waals surface area contributed by atoms with E-state index in [-0.39, 0.29) is 11.9 Å². The van der Waals surface area contributed by atoms with E-state index in [2.05, 4.69) is 10.00 Å². The van der Waals surface area contributed by atoms with Crippen LogP contribution in [0.2, 0.25) is 0 Å². The number of carbonyl (C=O) groups is 1. The molecule has 0 unspecified atom stereocenters. The van der Waals surface area contributed by atoms with Gasteiger partial charge in [-0.1, -0.05) is 6.07 Å². The molecule has 6 nitrogen and oxygen atoms in total. The lowest BCUT2D eigenvalue weighted by atomic mass is 9.99. The third-order valence-electron chi connectivity index (χ3n) is 3.95. The van der Waals surface area contributed by atoms with Crippen molar-refractivity contribution in [1.82, 2.24) is 19.1 Å². The van der Waals surface area contributed by atoms with Gasteiger partial charge in [0.1, 0.15) is 0 Å². The molecule has 118 valence electrons. The molecule has 0 N–H and O–H groups in total. The molecular formula is C15H20N4O2S. The van der Waals surface area contributed by atoms with Gasteiger partial charge in [0.2, 0.25) is 4.77 Å². The van der Waals surface area contributed by atoms with Crippen molar-refractivity contribution < 1.29 is 9.53 Å². The molecule has 22 heavy (non-hydrogen) atoms. The predicted molar refractivity (Wildman–Crippen MR) is 84.9 cm³/mol. The lowest BCUT2D eigenvalue weighted by Gasteiger charge is -2.31. The molecule has 0 saturated carbocycles. The van der Waals surface area contributed by atoms with Gasteiger partial charge in [-0.3, -0.25) is 14.1 Å². The van der Waals surface area contributed by atoms with Crippen molar-refractivity contribution in [3.05, 3.63) is 29.2 Å². The highest BCUT2D eigenvalue weighted by atomic mass is 32.1. The highest BCUT2D eigenvalue weighted by Crippen LogP contribution is 2.18. The lowest BCUT2D eigenvalue weighted by Crippen LogP contribution is -2.40. The second-order valence-electron chi connectivity index (χ2n) is 5.52. The zero-order valence-corrected chi connectivity index (χ0v) is 13.5. The summed E-state index contributed by atoms with van der Waals surface area (Å²) in [6, 6.07) is 5.82. The lowest BCUT2D eigenvalue weighted by molar-refractivity contribution is -0.150. The van der Waals surface area contributed by atoms with E-state index in [9.17, 15) is 4.79 Å². The Bertz CT molecular complexity index is 724. The van der Waals surface area contributed by atoms with Crippen LogP contribution in [0.25, 0.3) is 5.65 Å². The number of carbonyl (C=O) groups excluding carboxylic acids is 1. The van der Waals surface area contributed by atoms with Crippen molar-refractivity contribution in [2.45, 2.75) is 26.4 Å². The van der Waals surface area contributed by atoms with E-state index in [1.54, 1.807) is 0 Å². The smallest absolute Gasteiger partial charge is 0.310 e. The van der Waals surface area contributed by atoms with Crippen LogP contribution >= 0.6 is 12.2 Å². The van der Waals surface area contributed by atoms with Crippen LogP contribution in [-0.2, 0) is 16.2 Å². The Morgan fingerprint density at radius 1 is 1.50 bits per heavy atom. The fourth-order valence-electron chi connectivity index (χ4n) is 2.89. The summed E-state index contributed by atoms with van der Waals surface area (Å²) in [4.78, 5) is 14.1. The van der Waals surface area contributed by atoms with Crippen LogP contribution in [0.15, 0.2) is 24.4 Å². The number of nitrogens with zero attached hydrogens (tertiary/aromatic N) is 4. The Kier molecular flexibility index (Phi) is 4.54. The molecule has 0 amide bonds. The largest absolute Gasteiger partial charge is 0.466 e. The maximum absolute atomic E-state index is 11.9. The van der Waals surface area contributed by atoms with Gasteiger partial charge in [0.15, 0.2) is 5.65 Å². The SMILES string of the molecule is CCOC(=O)[C@@H]1CCCN(Cn2nc3ccccn3c2=S)C1. The topological polar surface area (TPSA) is 51.8 Å². The molecule has 1 saturated heterocycles. The summed E-state index contributed by atoms with van der Waals surface area (Å²) in [7, 11) is 0. The van der Waals surface area contributed by atoms with Gasteiger partial charge < -0.3 is 4.74 Å². The normalized spacial score (nSPS) is 19.4. The van der Waals surface area contributed by atoms with Crippen LogP contribution in [0.4, 0.5) is 0 Å². The molecule has 2 aromatic heterocycles. The second kappa shape index (κ2) is 6.58. The second-order valence-corrected chi connectivity index (χ2v) is 5.89. The van der Waals surface area contributed by atoms with Gasteiger partial charge >= 0.3 is 5.97 Å². The Balaban J connectivity index is 1.73. The Hall–Kier alpha value is -1.73. The zero-order chi connectivity index (χ0) is 15.5. The van der Waals surface area contributed by atoms with E-state index in [0.717, 1.165) is 25.0 Å². The van der Waals surface area contributed by atoms with E-state index in [0.29, 0.717) is 24.6 Å². The van der Waals surface area contributed by atoms with E-state index in [1.165, 1.54) is 0 Å². The molecule has 0 bridgehead atoms. The number of piperidine rings is 1. The van der Waals surface area contributed by atoms with Crippen LogP contribution in [0.5, 0.6) is 0 Å². The van der Waals surface area contributed by atoms with E-state index >= 15 is 0 Å². The minimum atomic E-state index is -0.0919. The van der Waals surface area contributed by atoms with Gasteiger partial charge in [0.25, 0.3) is 0 Å². The molecular weight excluding hydrogens is 300 g/mol. The van der Waals surface area contributed by atoms with Gasteiger partial charge in [-0.25, -0.2) is 4.68 Å². The number of rotatable bonds is 4. The van der Waals surface area contributed by atoms with Crippen LogP contribution in [0.3, 0.4) is 0 Å². The van der Waals surface area contributed by atoms with Crippen molar-refractivity contribution >= 4 is 23.8 Å². The first kappa shape index (κ1) is 15.2. The summed E-state index contributed by atoms with van der Waals surface area (Å²) in [5.41, 5.74) is 0.839. The Labute approximate surface area is 134 Å². The number of ether oxygens (including phenoxy) is 1. The molecule has 1 aliphatic heterocycles. The summed E-state index contributed by atoms with van der Waals surface area (Å²) >= 11 is 5.46. The van der Waals surface area contributed by atoms with Crippen molar-refractivity contribution in [3.63, 3.8) is 0 Å². The number of pyridine rings is 1. The summed E-state index contributed by atoms with van der Waals surface area (Å²) in [6.45, 7) is 4.54. The van der Waals surface area contributed by atoms with Crippen molar-refractivity contribution in [1.29, 1.82) is 0 Å². The van der Waals surface area contributed by atoms with Crippen molar-refractivity contribution in [3.8, 4) is 0 Å². The van der Waals surface area contributed by atoms with E-state index in [1.807, 2.05) is 40.4 Å². The van der Waals surface area contributed by atoms with E-state index in [4.69, 9.17) is 17.0 Å². The quantitative estimate of drug-likeness (QED) is 0.638. The van der Waals surface area contributed by atoms with Crippen LogP contribution < -0.4 is 0 Å². The molecule has 1 atom stereocenters. The van der Waals surface area contributed by atoms with Crippen molar-refractivity contribution in [2.24, 2.45) is 5.92 Å². The number of fused-ring (bicyclic) bond motifs is 1. The molecule has 7 heteroatoms. The number of hydrogen-bond donors (Lipinski definition) is 0. The first-order chi connectivity index (χ1) is 10.7. The summed E-state index contributed by atoms with van der Waals surface area (Å²) in [6.07, 6.45) is 3.80. The Morgan fingerprint density at radius 2 is 2.36 bits per heavy atom. The minimum Gasteiger partial charge on any atom is -0.466 e. The van der Waals surface area contributed by atoms with Crippen molar-refractivity contribution in [2.75, 3.05) is 19.7 Å². The number of esters is 1. The highest BCUT2D eigenvalue weighted by Gasteiger charge is 2.27. The van der Waals surface area contributed by atoms with Gasteiger partial charge in [-0.2, -0.15) is 5.10 Å². The molecule has 1 aliphatic rings. The monoisotopic (exact) mass is 320 g/mol. The van der Waals surface area contributed by atoms with Crippen LogP contribution in [0, 0.1) is 10.7 Å². The maximum Gasteiger partial charge on any atom is 0.310 e. The summed E-state index contributed by atoms with van der Waals surface area (Å²) in [5, 5.41) is 4.53. The summed E-state index contributed by atoms with van der Waals surface area (Å²) in [5.74, 6) is -0.134. The Morgan fingerprint density at radius 3 is 3.14 bits per heavy atom. The van der Waals surface area contributed by atoms with E-state index < -0.39 is 0 Å². The van der Waals surface area contributed by atoms with Gasteiger partial charge in [-0.05, 0) is 50.7 Å². The number of likely N-dealkylation sites (tertiary alicyclic amines) is 1. The molecule has 3 rings (SSSR count). The number of aromatic nitrogens is 3. The molecule has 0 radical (unpaired) electrons. The average Bonchev–Trinajstić information content (AvgIpc) is 2.84. The fourth-order valence-corrected chi connectivity index (χ4v) is 3.14. The molecule has 0 aliphatic carbocycles. The van der Waals surface area contributed by atoms with Gasteiger partial charge in [0, 0.05) is 12.7 Å². The standard InChI is InChI=1S/C15H20N4O2S/c1-2-21-14(20)12-6-5-8-17(10-12)11-19-15(22)18-9-4-3-7-13(18)16-19/h3-4,7,9,12H,2,5-6,8,10-11H2,1H3/t12-/m1/s1. The fraction of sp³-hybridized carbons (Fsp3) is 0.533. The molecule has 2 aromatic rings. The minimum absolute atomic E-state index is 0.0418. The van der Waals surface area contributed by atoms with Gasteiger partial charge in [0.05, 0.1) is 19.2 Å². The third-order valence-corrected chi connectivity index (χ3v) is 4.36. The molecule has 0 spiro atoms.